The zero-order valence-corrected chi connectivity index (χ0v) is 18.9. The Morgan fingerprint density at radius 3 is 2.03 bits per heavy atom. The summed E-state index contributed by atoms with van der Waals surface area (Å²) in [6, 6.07) is 0. The standard InChI is InChI=1S/C21H32O15/c22-3-7-11(25)13(27)15(29)19(33-7)32-4-8-12(26)14(28)16(30)20(34-8)35-18-9-6(1-2-31-18)10(24)17-21(9,5-23)36-17/h1-2,6-20,22-30H,3-5H2/t6-,7-,8-,9+,10-,11-,12+,13+,14+,15-,16-,17+,18-,19-,20+,21+/m0/s1. The van der Waals surface area contributed by atoms with Crippen LogP contribution in [0.25, 0.3) is 0 Å². The normalized spacial score (nSPS) is 56.1. The van der Waals surface area contributed by atoms with Gasteiger partial charge in [-0.15, -0.1) is 0 Å². The first-order valence-corrected chi connectivity index (χ1v) is 11.7. The Balaban J connectivity index is 1.25. The Kier molecular flexibility index (Phi) is 7.34. The Morgan fingerprint density at radius 1 is 0.722 bits per heavy atom. The minimum Gasteiger partial charge on any atom is -0.472 e. The van der Waals surface area contributed by atoms with Gasteiger partial charge < -0.3 is 74.4 Å². The molecule has 5 aliphatic rings. The maximum Gasteiger partial charge on any atom is 0.208 e. The highest BCUT2D eigenvalue weighted by Gasteiger charge is 2.75. The molecular formula is C21H32O15. The van der Waals surface area contributed by atoms with Gasteiger partial charge in [-0.05, 0) is 6.08 Å². The third-order valence-electron chi connectivity index (χ3n) is 7.72. The van der Waals surface area contributed by atoms with Gasteiger partial charge in [-0.25, -0.2) is 0 Å². The topological polar surface area (TPSA) is 241 Å². The number of aliphatic hydroxyl groups is 9. The quantitative estimate of drug-likeness (QED) is 0.141. The van der Waals surface area contributed by atoms with Crippen molar-refractivity contribution in [3.05, 3.63) is 12.3 Å². The molecule has 1 aliphatic carbocycles. The first kappa shape index (κ1) is 26.6. The van der Waals surface area contributed by atoms with Crippen molar-refractivity contribution in [3.63, 3.8) is 0 Å². The third-order valence-corrected chi connectivity index (χ3v) is 7.72. The summed E-state index contributed by atoms with van der Waals surface area (Å²) in [7, 11) is 0. The van der Waals surface area contributed by atoms with Gasteiger partial charge in [0, 0.05) is 5.92 Å². The van der Waals surface area contributed by atoms with E-state index in [-0.39, 0.29) is 0 Å². The molecule has 0 bridgehead atoms. The largest absolute Gasteiger partial charge is 0.472 e. The first-order chi connectivity index (χ1) is 17.1. The summed E-state index contributed by atoms with van der Waals surface area (Å²) >= 11 is 0. The Morgan fingerprint density at radius 2 is 1.36 bits per heavy atom. The van der Waals surface area contributed by atoms with Gasteiger partial charge in [0.05, 0.1) is 38.1 Å². The first-order valence-electron chi connectivity index (χ1n) is 11.7. The van der Waals surface area contributed by atoms with Crippen molar-refractivity contribution < 1.29 is 74.4 Å². The van der Waals surface area contributed by atoms with Gasteiger partial charge in [0.1, 0.15) is 60.5 Å². The summed E-state index contributed by atoms with van der Waals surface area (Å²) in [6.07, 6.45) is -15.4. The highest BCUT2D eigenvalue weighted by Crippen LogP contribution is 2.59. The van der Waals surface area contributed by atoms with E-state index in [0.717, 1.165) is 0 Å². The predicted molar refractivity (Wildman–Crippen MR) is 109 cm³/mol. The van der Waals surface area contributed by atoms with Gasteiger partial charge in [0.15, 0.2) is 12.6 Å². The Labute approximate surface area is 204 Å². The molecule has 15 nitrogen and oxygen atoms in total. The maximum atomic E-state index is 10.5. The lowest BCUT2D eigenvalue weighted by atomic mass is 9.85. The smallest absolute Gasteiger partial charge is 0.208 e. The van der Waals surface area contributed by atoms with E-state index in [9.17, 15) is 46.0 Å². The number of aliphatic hydroxyl groups excluding tert-OH is 9. The van der Waals surface area contributed by atoms with Gasteiger partial charge in [0.25, 0.3) is 0 Å². The summed E-state index contributed by atoms with van der Waals surface area (Å²) in [5.74, 6) is -1.12. The highest BCUT2D eigenvalue weighted by molar-refractivity contribution is 5.24. The lowest BCUT2D eigenvalue weighted by Crippen LogP contribution is -2.62. The van der Waals surface area contributed by atoms with E-state index in [4.69, 9.17) is 28.4 Å². The van der Waals surface area contributed by atoms with E-state index in [1.165, 1.54) is 6.26 Å². The predicted octanol–water partition coefficient (Wildman–Crippen LogP) is -5.77. The Hall–Kier alpha value is -1.02. The number of rotatable bonds is 7. The van der Waals surface area contributed by atoms with Crippen molar-refractivity contribution in [1.82, 2.24) is 0 Å². The molecule has 206 valence electrons. The summed E-state index contributed by atoms with van der Waals surface area (Å²) < 4.78 is 33.1. The van der Waals surface area contributed by atoms with Crippen LogP contribution in [0.4, 0.5) is 0 Å². The van der Waals surface area contributed by atoms with Crippen LogP contribution >= 0.6 is 0 Å². The van der Waals surface area contributed by atoms with Gasteiger partial charge >= 0.3 is 0 Å². The molecule has 15 heteroatoms. The average molecular weight is 524 g/mol. The van der Waals surface area contributed by atoms with Crippen molar-refractivity contribution >= 4 is 0 Å². The maximum absolute atomic E-state index is 10.5. The molecule has 36 heavy (non-hydrogen) atoms. The van der Waals surface area contributed by atoms with Gasteiger partial charge in [-0.3, -0.25) is 0 Å². The van der Waals surface area contributed by atoms with E-state index >= 15 is 0 Å². The van der Waals surface area contributed by atoms with Crippen molar-refractivity contribution in [3.8, 4) is 0 Å². The fourth-order valence-electron chi connectivity index (χ4n) is 5.56. The number of fused-ring (bicyclic) bond motifs is 3. The highest BCUT2D eigenvalue weighted by atomic mass is 16.8. The second-order valence-corrected chi connectivity index (χ2v) is 9.76. The molecule has 9 N–H and O–H groups in total. The second-order valence-electron chi connectivity index (χ2n) is 9.76. The fraction of sp³-hybridized carbons (Fsp3) is 0.905. The molecule has 0 aromatic rings. The van der Waals surface area contributed by atoms with Gasteiger partial charge in [-0.2, -0.15) is 0 Å². The minimum atomic E-state index is -1.74. The molecule has 1 saturated carbocycles. The van der Waals surface area contributed by atoms with Crippen LogP contribution in [0.3, 0.4) is 0 Å². The van der Waals surface area contributed by atoms with Crippen molar-refractivity contribution in [2.45, 2.75) is 85.5 Å². The van der Waals surface area contributed by atoms with E-state index in [0.29, 0.717) is 0 Å². The second kappa shape index (κ2) is 9.94. The minimum absolute atomic E-state index is 0.405. The summed E-state index contributed by atoms with van der Waals surface area (Å²) in [5.41, 5.74) is -1.09. The van der Waals surface area contributed by atoms with Crippen molar-refractivity contribution in [2.24, 2.45) is 11.8 Å². The van der Waals surface area contributed by atoms with Gasteiger partial charge in [-0.1, -0.05) is 0 Å². The molecule has 3 saturated heterocycles. The van der Waals surface area contributed by atoms with E-state index in [1.54, 1.807) is 6.08 Å². The molecule has 0 aromatic heterocycles. The van der Waals surface area contributed by atoms with Crippen LogP contribution in [-0.2, 0) is 28.4 Å². The molecule has 4 aliphatic heterocycles. The van der Waals surface area contributed by atoms with E-state index in [1.807, 2.05) is 0 Å². The molecule has 0 radical (unpaired) electrons. The average Bonchev–Trinajstić information content (AvgIpc) is 3.57. The molecule has 5 rings (SSSR count). The lowest BCUT2D eigenvalue weighted by molar-refractivity contribution is -0.355. The third kappa shape index (κ3) is 4.17. The van der Waals surface area contributed by atoms with Crippen molar-refractivity contribution in [2.75, 3.05) is 19.8 Å². The van der Waals surface area contributed by atoms with Crippen molar-refractivity contribution in [1.29, 1.82) is 0 Å². The molecule has 16 atom stereocenters. The number of ether oxygens (including phenoxy) is 6. The van der Waals surface area contributed by atoms with Crippen LogP contribution in [0.5, 0.6) is 0 Å². The van der Waals surface area contributed by atoms with Crippen LogP contribution in [-0.4, -0.2) is 151 Å². The van der Waals surface area contributed by atoms with Crippen LogP contribution in [0.1, 0.15) is 0 Å². The molecule has 0 spiro atoms. The van der Waals surface area contributed by atoms with Crippen LogP contribution < -0.4 is 0 Å². The zero-order valence-electron chi connectivity index (χ0n) is 18.9. The zero-order chi connectivity index (χ0) is 25.9. The lowest BCUT2D eigenvalue weighted by Gasteiger charge is -2.44. The number of hydrogen-bond acceptors (Lipinski definition) is 15. The summed E-state index contributed by atoms with van der Waals surface area (Å²) in [5, 5.41) is 90.8. The molecule has 4 heterocycles. The molecule has 0 unspecified atom stereocenters. The number of hydrogen-bond donors (Lipinski definition) is 9. The van der Waals surface area contributed by atoms with Crippen LogP contribution in [0, 0.1) is 11.8 Å². The van der Waals surface area contributed by atoms with Gasteiger partial charge in [0.2, 0.25) is 6.29 Å². The molecular weight excluding hydrogens is 492 g/mol. The summed E-state index contributed by atoms with van der Waals surface area (Å²) in [6.45, 7) is -1.59. The monoisotopic (exact) mass is 524 g/mol. The van der Waals surface area contributed by atoms with Crippen LogP contribution in [0.15, 0.2) is 12.3 Å². The summed E-state index contributed by atoms with van der Waals surface area (Å²) in [4.78, 5) is 0. The Bertz CT molecular complexity index is 812. The molecule has 0 amide bonds. The molecule has 0 aromatic carbocycles. The fourth-order valence-corrected chi connectivity index (χ4v) is 5.56. The number of epoxide rings is 1. The van der Waals surface area contributed by atoms with E-state index in [2.05, 4.69) is 0 Å². The molecule has 4 fully saturated rings. The SMILES string of the molecule is OC[C@@H]1O[C@H](OC[C@@H]2O[C@H](O[C@@H]3OC=C[C@@H]4[C@H](O)[C@H]5O[C@]5(CO)[C@@H]34)[C@@H](O)[C@H](O)[C@@H]2O)[C@@H](O)[C@H](O)[C@H]1O. The van der Waals surface area contributed by atoms with E-state index < -0.39 is 117 Å². The van der Waals surface area contributed by atoms with Crippen LogP contribution in [0.2, 0.25) is 0 Å².